The van der Waals surface area contributed by atoms with Crippen molar-refractivity contribution in [1.29, 1.82) is 0 Å². The van der Waals surface area contributed by atoms with Gasteiger partial charge in [-0.15, -0.1) is 0 Å². The van der Waals surface area contributed by atoms with Gasteiger partial charge in [-0.2, -0.15) is 0 Å². The molecule has 0 bridgehead atoms. The summed E-state index contributed by atoms with van der Waals surface area (Å²) in [5.41, 5.74) is 0.208. The third-order valence-electron chi connectivity index (χ3n) is 4.70. The molecule has 2 heterocycles. The van der Waals surface area contributed by atoms with Gasteiger partial charge in [0.25, 0.3) is 0 Å². The van der Waals surface area contributed by atoms with Crippen LogP contribution < -0.4 is 10.6 Å². The summed E-state index contributed by atoms with van der Waals surface area (Å²) in [6.07, 6.45) is 0. The summed E-state index contributed by atoms with van der Waals surface area (Å²) in [7, 11) is 0. The molecule has 2 fully saturated rings. The van der Waals surface area contributed by atoms with Crippen LogP contribution in [0.5, 0.6) is 0 Å². The summed E-state index contributed by atoms with van der Waals surface area (Å²) < 4.78 is 29.1. The van der Waals surface area contributed by atoms with E-state index >= 15 is 0 Å². The molecule has 0 radical (unpaired) electrons. The van der Waals surface area contributed by atoms with E-state index in [9.17, 15) is 8.78 Å². The molecule has 4 rings (SSSR count). The topological polar surface area (TPSA) is 24.1 Å². The summed E-state index contributed by atoms with van der Waals surface area (Å²) in [6, 6.07) is 8.27. The van der Waals surface area contributed by atoms with Crippen LogP contribution in [0, 0.1) is 23.5 Å². The third-order valence-corrected chi connectivity index (χ3v) is 4.70. The van der Waals surface area contributed by atoms with Crippen molar-refractivity contribution < 1.29 is 8.78 Å². The first-order chi connectivity index (χ1) is 9.75. The van der Waals surface area contributed by atoms with Gasteiger partial charge in [-0.05, 0) is 29.8 Å². The van der Waals surface area contributed by atoms with Crippen molar-refractivity contribution >= 4 is 10.8 Å². The zero-order valence-electron chi connectivity index (χ0n) is 11.0. The summed E-state index contributed by atoms with van der Waals surface area (Å²) >= 11 is 0. The van der Waals surface area contributed by atoms with Gasteiger partial charge in [-0.25, -0.2) is 8.78 Å². The molecule has 2 saturated heterocycles. The Kier molecular flexibility index (Phi) is 2.75. The Morgan fingerprint density at radius 2 is 1.90 bits per heavy atom. The Hall–Kier alpha value is -1.52. The van der Waals surface area contributed by atoms with E-state index in [-0.39, 0.29) is 17.5 Å². The fraction of sp³-hybridized carbons (Fsp3) is 0.375. The van der Waals surface area contributed by atoms with Crippen LogP contribution in [-0.2, 0) is 0 Å². The van der Waals surface area contributed by atoms with Gasteiger partial charge in [-0.1, -0.05) is 24.3 Å². The highest BCUT2D eigenvalue weighted by Gasteiger charge is 2.42. The molecular weight excluding hydrogens is 258 g/mol. The zero-order chi connectivity index (χ0) is 13.7. The number of fused-ring (bicyclic) bond motifs is 2. The monoisotopic (exact) mass is 274 g/mol. The molecule has 20 heavy (non-hydrogen) atoms. The lowest BCUT2D eigenvalue weighted by molar-refractivity contribution is 0.418. The van der Waals surface area contributed by atoms with Crippen LogP contribution in [0.2, 0.25) is 0 Å². The van der Waals surface area contributed by atoms with Crippen LogP contribution in [0.1, 0.15) is 11.6 Å². The van der Waals surface area contributed by atoms with Crippen LogP contribution in [0.15, 0.2) is 30.3 Å². The summed E-state index contributed by atoms with van der Waals surface area (Å²) in [5, 5.41) is 7.73. The first kappa shape index (κ1) is 12.2. The maximum Gasteiger partial charge on any atom is 0.138 e. The zero-order valence-corrected chi connectivity index (χ0v) is 11.0. The minimum Gasteiger partial charge on any atom is -0.316 e. The van der Waals surface area contributed by atoms with Crippen LogP contribution >= 0.6 is 0 Å². The molecular formula is C16H16F2N2. The van der Waals surface area contributed by atoms with Gasteiger partial charge in [0.1, 0.15) is 11.6 Å². The average molecular weight is 274 g/mol. The van der Waals surface area contributed by atoms with Crippen molar-refractivity contribution in [3.8, 4) is 0 Å². The molecule has 0 amide bonds. The molecule has 0 aromatic heterocycles. The van der Waals surface area contributed by atoms with Crippen LogP contribution in [-0.4, -0.2) is 19.6 Å². The van der Waals surface area contributed by atoms with Gasteiger partial charge in [0.15, 0.2) is 0 Å². The largest absolute Gasteiger partial charge is 0.316 e. The fourth-order valence-corrected chi connectivity index (χ4v) is 3.68. The van der Waals surface area contributed by atoms with E-state index in [4.69, 9.17) is 0 Å². The Labute approximate surface area is 116 Å². The molecule has 2 aromatic carbocycles. The lowest BCUT2D eigenvalue weighted by Gasteiger charge is -2.20. The maximum atomic E-state index is 14.7. The Bertz CT molecular complexity index is 671. The van der Waals surface area contributed by atoms with Crippen molar-refractivity contribution in [3.63, 3.8) is 0 Å². The number of nitrogens with one attached hydrogen (secondary N) is 2. The first-order valence-corrected chi connectivity index (χ1v) is 7.06. The van der Waals surface area contributed by atoms with Crippen molar-refractivity contribution in [3.05, 3.63) is 47.5 Å². The third kappa shape index (κ3) is 1.68. The van der Waals surface area contributed by atoms with E-state index < -0.39 is 11.6 Å². The van der Waals surface area contributed by atoms with Crippen LogP contribution in [0.3, 0.4) is 0 Å². The van der Waals surface area contributed by atoms with Crippen molar-refractivity contribution in [1.82, 2.24) is 10.6 Å². The second kappa shape index (κ2) is 4.50. The van der Waals surface area contributed by atoms with Crippen molar-refractivity contribution in [2.75, 3.05) is 19.6 Å². The minimum atomic E-state index is -0.439. The fourth-order valence-electron chi connectivity index (χ4n) is 3.68. The highest BCUT2D eigenvalue weighted by Crippen LogP contribution is 2.39. The normalized spacial score (nSPS) is 29.0. The van der Waals surface area contributed by atoms with Gasteiger partial charge in [0.2, 0.25) is 0 Å². The SMILES string of the molecule is Fc1cc2ccccc2c(F)c1C1NCC2CNCC21. The molecule has 0 aliphatic carbocycles. The number of halogens is 2. The molecule has 3 unspecified atom stereocenters. The van der Waals surface area contributed by atoms with Gasteiger partial charge < -0.3 is 10.6 Å². The molecule has 2 aromatic rings. The maximum absolute atomic E-state index is 14.7. The Balaban J connectivity index is 1.87. The number of hydrogen-bond acceptors (Lipinski definition) is 2. The van der Waals surface area contributed by atoms with E-state index in [0.29, 0.717) is 16.7 Å². The van der Waals surface area contributed by atoms with Gasteiger partial charge in [0, 0.05) is 30.1 Å². The molecule has 2 nitrogen and oxygen atoms in total. The number of benzene rings is 2. The standard InChI is InChI=1S/C16H16F2N2/c17-13-5-9-3-1-2-4-11(9)15(18)14(13)16-12-8-19-6-10(12)7-20-16/h1-5,10,12,16,19-20H,6-8H2. The van der Waals surface area contributed by atoms with E-state index in [2.05, 4.69) is 10.6 Å². The van der Waals surface area contributed by atoms with Crippen LogP contribution in [0.25, 0.3) is 10.8 Å². The molecule has 2 N–H and O–H groups in total. The predicted octanol–water partition coefficient (Wildman–Crippen LogP) is 2.60. The second-order valence-corrected chi connectivity index (χ2v) is 5.78. The quantitative estimate of drug-likeness (QED) is 0.835. The molecule has 104 valence electrons. The molecule has 4 heteroatoms. The lowest BCUT2D eigenvalue weighted by Crippen LogP contribution is -2.25. The highest BCUT2D eigenvalue weighted by atomic mass is 19.1. The van der Waals surface area contributed by atoms with Crippen LogP contribution in [0.4, 0.5) is 8.78 Å². The van der Waals surface area contributed by atoms with Crippen molar-refractivity contribution in [2.24, 2.45) is 11.8 Å². The van der Waals surface area contributed by atoms with E-state index in [1.807, 2.05) is 0 Å². The summed E-state index contributed by atoms with van der Waals surface area (Å²) in [4.78, 5) is 0. The van der Waals surface area contributed by atoms with E-state index in [1.165, 1.54) is 6.07 Å². The van der Waals surface area contributed by atoms with Gasteiger partial charge in [-0.3, -0.25) is 0 Å². The molecule has 0 spiro atoms. The second-order valence-electron chi connectivity index (χ2n) is 5.78. The molecule has 2 aliphatic rings. The highest BCUT2D eigenvalue weighted by molar-refractivity contribution is 5.84. The molecule has 3 atom stereocenters. The van der Waals surface area contributed by atoms with Crippen molar-refractivity contribution in [2.45, 2.75) is 6.04 Å². The van der Waals surface area contributed by atoms with Gasteiger partial charge >= 0.3 is 0 Å². The Morgan fingerprint density at radius 1 is 1.05 bits per heavy atom. The smallest absolute Gasteiger partial charge is 0.138 e. The summed E-state index contributed by atoms with van der Waals surface area (Å²) in [5.74, 6) is -0.0951. The van der Waals surface area contributed by atoms with Gasteiger partial charge in [0.05, 0.1) is 0 Å². The molecule has 0 saturated carbocycles. The summed E-state index contributed by atoms with van der Waals surface area (Å²) in [6.45, 7) is 2.59. The number of rotatable bonds is 1. The minimum absolute atomic E-state index is 0.208. The van der Waals surface area contributed by atoms with E-state index in [1.54, 1.807) is 24.3 Å². The number of hydrogen-bond donors (Lipinski definition) is 2. The lowest BCUT2D eigenvalue weighted by atomic mass is 9.88. The Morgan fingerprint density at radius 3 is 2.80 bits per heavy atom. The van der Waals surface area contributed by atoms with E-state index in [0.717, 1.165) is 19.6 Å². The average Bonchev–Trinajstić information content (AvgIpc) is 3.03. The molecule has 2 aliphatic heterocycles. The first-order valence-electron chi connectivity index (χ1n) is 7.06. The predicted molar refractivity (Wildman–Crippen MR) is 74.5 cm³/mol.